The van der Waals surface area contributed by atoms with E-state index < -0.39 is 95.7 Å². The lowest BCUT2D eigenvalue weighted by Gasteiger charge is -2.43. The Labute approximate surface area is 409 Å². The van der Waals surface area contributed by atoms with E-state index in [1.165, 1.54) is 38.5 Å². The minimum atomic E-state index is -5.39. The van der Waals surface area contributed by atoms with Crippen LogP contribution in [0.4, 0.5) is 0 Å². The third kappa shape index (κ3) is 33.4. The van der Waals surface area contributed by atoms with Crippen LogP contribution in [0.2, 0.25) is 0 Å². The number of esters is 2. The second kappa shape index (κ2) is 38.7. The van der Waals surface area contributed by atoms with Crippen molar-refractivity contribution >= 4 is 27.6 Å². The lowest BCUT2D eigenvalue weighted by Crippen LogP contribution is -2.64. The smallest absolute Gasteiger partial charge is 0.462 e. The summed E-state index contributed by atoms with van der Waals surface area (Å²) in [4.78, 5) is 54.3. The SMILES string of the molecule is CC/C=C\C[C@@H](O)/C=C/C=C\C/C=C\C=C\[C@@H](O)/C=C\CCCC(=O)OC[C@H](COP(=O)(O)O[C@H]1C(O)C(O)C(O)[C@@H](OP(=O)(O)O)C1O)OC(=O)CCCCCCC/C=C\CCCCCCCC. The Bertz CT molecular complexity index is 1690. The first kappa shape index (κ1) is 64.1. The van der Waals surface area contributed by atoms with Crippen LogP contribution >= 0.6 is 15.6 Å². The number of ether oxygens (including phenoxy) is 2. The van der Waals surface area contributed by atoms with Gasteiger partial charge >= 0.3 is 27.6 Å². The highest BCUT2D eigenvalue weighted by atomic mass is 31.2. The second-order valence-electron chi connectivity index (χ2n) is 16.8. The predicted octanol–water partition coefficient (Wildman–Crippen LogP) is 7.34. The second-order valence-corrected chi connectivity index (χ2v) is 19.4. The van der Waals surface area contributed by atoms with E-state index in [4.69, 9.17) is 18.5 Å². The summed E-state index contributed by atoms with van der Waals surface area (Å²) in [6, 6.07) is 0. The molecule has 69 heavy (non-hydrogen) atoms. The third-order valence-electron chi connectivity index (χ3n) is 10.6. The Kier molecular flexibility index (Phi) is 36.0. The van der Waals surface area contributed by atoms with Gasteiger partial charge in [0.25, 0.3) is 0 Å². The van der Waals surface area contributed by atoms with Crippen molar-refractivity contribution in [2.75, 3.05) is 13.2 Å². The van der Waals surface area contributed by atoms with Crippen molar-refractivity contribution < 1.29 is 87.1 Å². The van der Waals surface area contributed by atoms with Crippen LogP contribution in [-0.2, 0) is 41.8 Å². The summed E-state index contributed by atoms with van der Waals surface area (Å²) in [5.41, 5.74) is 0. The molecule has 0 saturated heterocycles. The quantitative estimate of drug-likeness (QED) is 0.00957. The topological polar surface area (TPSA) is 296 Å². The first-order chi connectivity index (χ1) is 32.9. The van der Waals surface area contributed by atoms with Crippen molar-refractivity contribution in [1.82, 2.24) is 0 Å². The van der Waals surface area contributed by atoms with Crippen LogP contribution in [0.3, 0.4) is 0 Å². The average Bonchev–Trinajstić information content (AvgIpc) is 3.29. The summed E-state index contributed by atoms with van der Waals surface area (Å²) in [5.74, 6) is -1.41. The van der Waals surface area contributed by atoms with Gasteiger partial charge in [-0.25, -0.2) is 9.13 Å². The molecule has 0 bridgehead atoms. The van der Waals surface area contributed by atoms with Crippen molar-refractivity contribution in [2.24, 2.45) is 0 Å². The minimum absolute atomic E-state index is 0.0133. The van der Waals surface area contributed by atoms with E-state index in [9.17, 15) is 64.0 Å². The summed E-state index contributed by atoms with van der Waals surface area (Å²) < 4.78 is 49.2. The summed E-state index contributed by atoms with van der Waals surface area (Å²) in [7, 11) is -10.8. The van der Waals surface area contributed by atoms with E-state index in [-0.39, 0.29) is 12.8 Å². The maximum Gasteiger partial charge on any atom is 0.472 e. The molecule has 0 aromatic rings. The van der Waals surface area contributed by atoms with Gasteiger partial charge in [-0.3, -0.25) is 23.2 Å². The molecule has 0 heterocycles. The maximum atomic E-state index is 13.0. The molecule has 20 heteroatoms. The van der Waals surface area contributed by atoms with Gasteiger partial charge in [0.15, 0.2) is 6.10 Å². The number of phosphoric ester groups is 2. The van der Waals surface area contributed by atoms with Crippen LogP contribution < -0.4 is 0 Å². The highest BCUT2D eigenvalue weighted by molar-refractivity contribution is 7.47. The van der Waals surface area contributed by atoms with E-state index in [1.807, 2.05) is 37.3 Å². The minimum Gasteiger partial charge on any atom is -0.462 e. The van der Waals surface area contributed by atoms with E-state index in [1.54, 1.807) is 42.5 Å². The fourth-order valence-corrected chi connectivity index (χ4v) is 8.36. The molecule has 0 radical (unpaired) electrons. The molecule has 1 aliphatic carbocycles. The number of carbonyl (C=O) groups is 2. The van der Waals surface area contributed by atoms with E-state index in [0.29, 0.717) is 32.1 Å². The van der Waals surface area contributed by atoms with E-state index in [2.05, 4.69) is 23.6 Å². The maximum absolute atomic E-state index is 13.0. The van der Waals surface area contributed by atoms with Gasteiger partial charge < -0.3 is 54.8 Å². The van der Waals surface area contributed by atoms with Crippen LogP contribution in [0.1, 0.15) is 142 Å². The molecule has 0 spiro atoms. The van der Waals surface area contributed by atoms with E-state index in [0.717, 1.165) is 44.9 Å². The molecule has 0 aromatic heterocycles. The lowest BCUT2D eigenvalue weighted by atomic mass is 9.85. The number of rotatable bonds is 39. The monoisotopic (exact) mass is 1020 g/mol. The molecule has 0 aliphatic heterocycles. The van der Waals surface area contributed by atoms with Crippen LogP contribution in [0, 0.1) is 0 Å². The Hall–Kier alpha value is -2.90. The Morgan fingerprint density at radius 1 is 0.565 bits per heavy atom. The van der Waals surface area contributed by atoms with Gasteiger partial charge in [0.2, 0.25) is 0 Å². The average molecular weight is 1020 g/mol. The van der Waals surface area contributed by atoms with Gasteiger partial charge in [0.1, 0.15) is 43.2 Å². The summed E-state index contributed by atoms with van der Waals surface area (Å²) in [6.45, 7) is 2.74. The molecule has 396 valence electrons. The molecule has 9 N–H and O–H groups in total. The molecule has 18 nitrogen and oxygen atoms in total. The molecule has 1 aliphatic rings. The van der Waals surface area contributed by atoms with Gasteiger partial charge in [0, 0.05) is 12.8 Å². The number of carbonyl (C=O) groups excluding carboxylic acids is 2. The van der Waals surface area contributed by atoms with Gasteiger partial charge in [0.05, 0.1) is 18.8 Å². The Morgan fingerprint density at radius 2 is 1.13 bits per heavy atom. The fraction of sp³-hybridized carbons (Fsp3) is 0.673. The fourth-order valence-electron chi connectivity index (χ4n) is 6.82. The van der Waals surface area contributed by atoms with Crippen LogP contribution in [0.25, 0.3) is 0 Å². The normalized spacial score (nSPS) is 22.8. The summed E-state index contributed by atoms with van der Waals surface area (Å²) in [6.07, 6.45) is 26.0. The van der Waals surface area contributed by atoms with Crippen molar-refractivity contribution in [2.45, 2.75) is 197 Å². The zero-order valence-corrected chi connectivity index (χ0v) is 42.2. The molecule has 5 unspecified atom stereocenters. The lowest BCUT2D eigenvalue weighted by molar-refractivity contribution is -0.216. The van der Waals surface area contributed by atoms with Gasteiger partial charge in [-0.05, 0) is 64.2 Å². The summed E-state index contributed by atoms with van der Waals surface area (Å²) >= 11 is 0. The van der Waals surface area contributed by atoms with Gasteiger partial charge in [-0.2, -0.15) is 0 Å². The first-order valence-corrected chi connectivity index (χ1v) is 27.4. The molecular weight excluding hydrogens is 938 g/mol. The zero-order valence-electron chi connectivity index (χ0n) is 40.4. The van der Waals surface area contributed by atoms with Crippen molar-refractivity contribution in [1.29, 1.82) is 0 Å². The van der Waals surface area contributed by atoms with Crippen LogP contribution in [0.15, 0.2) is 85.1 Å². The first-order valence-electron chi connectivity index (χ1n) is 24.4. The molecule has 10 atom stereocenters. The molecule has 1 saturated carbocycles. The van der Waals surface area contributed by atoms with E-state index >= 15 is 0 Å². The number of hydrogen-bond donors (Lipinski definition) is 9. The van der Waals surface area contributed by atoms with Crippen molar-refractivity contribution in [3.05, 3.63) is 85.1 Å². The molecule has 1 fully saturated rings. The van der Waals surface area contributed by atoms with Gasteiger partial charge in [-0.1, -0.05) is 150 Å². The third-order valence-corrected chi connectivity index (χ3v) is 12.1. The number of aliphatic hydroxyl groups excluding tert-OH is 6. The number of unbranched alkanes of at least 4 members (excludes halogenated alkanes) is 12. The van der Waals surface area contributed by atoms with Crippen molar-refractivity contribution in [3.63, 3.8) is 0 Å². The zero-order chi connectivity index (χ0) is 51.3. The molecule has 0 amide bonds. The van der Waals surface area contributed by atoms with Crippen molar-refractivity contribution in [3.8, 4) is 0 Å². The predicted molar refractivity (Wildman–Crippen MR) is 262 cm³/mol. The number of phosphoric acid groups is 2. The standard InChI is InChI=1S/C49H82O18P2/c1-3-5-7-8-9-10-11-12-13-14-15-16-20-23-29-36-43(53)65-41(38-64-69(61,62)67-49-46(56)44(54)45(55)48(47(49)57)66-68(58,59)60)37-63-42(52)35-30-24-28-34-40(51)33-27-22-19-17-18-21-26-32-39(50)31-25-6-4-2/h6,12-13,18-19,21-22,25-28,32-34,39-41,44-51,54-57H,3-5,7-11,14-17,20,23-24,29-31,35-38H2,1-2H3,(H,61,62)(H2,58,59,60)/b13-12-,21-18-,22-19-,25-6-,32-26+,33-27+,34-28-/t39-,40-,41-,44?,45?,46?,47?,48-,49+/m1/s1. The highest BCUT2D eigenvalue weighted by Gasteiger charge is 2.54. The Morgan fingerprint density at radius 3 is 1.75 bits per heavy atom. The largest absolute Gasteiger partial charge is 0.472 e. The molecule has 1 rings (SSSR count). The molecular formula is C49H82O18P2. The van der Waals surface area contributed by atoms with Crippen LogP contribution in [-0.4, -0.2) is 125 Å². The number of aliphatic hydroxyl groups is 6. The number of allylic oxidation sites excluding steroid dienone is 10. The van der Waals surface area contributed by atoms with Gasteiger partial charge in [-0.15, -0.1) is 0 Å². The summed E-state index contributed by atoms with van der Waals surface area (Å²) in [5, 5.41) is 61.3. The Balaban J connectivity index is 2.69. The van der Waals surface area contributed by atoms with Crippen LogP contribution in [0.5, 0.6) is 0 Å². The molecule has 0 aromatic carbocycles. The highest BCUT2D eigenvalue weighted by Crippen LogP contribution is 2.49. The number of hydrogen-bond acceptors (Lipinski definition) is 15.